The van der Waals surface area contributed by atoms with E-state index in [2.05, 4.69) is 10.9 Å². The Hall–Kier alpha value is -3.94. The first-order chi connectivity index (χ1) is 13.5. The van der Waals surface area contributed by atoms with Gasteiger partial charge in [-0.15, -0.1) is 0 Å². The number of ether oxygens (including phenoxy) is 1. The lowest BCUT2D eigenvalue weighted by Gasteiger charge is -2.15. The molecule has 0 aliphatic carbocycles. The van der Waals surface area contributed by atoms with Gasteiger partial charge in [-0.1, -0.05) is 42.5 Å². The van der Waals surface area contributed by atoms with Crippen LogP contribution >= 0.6 is 0 Å². The Bertz CT molecular complexity index is 1050. The van der Waals surface area contributed by atoms with Crippen LogP contribution < -0.4 is 15.6 Å². The average molecular weight is 379 g/mol. The van der Waals surface area contributed by atoms with Crippen molar-refractivity contribution in [2.24, 2.45) is 0 Å². The van der Waals surface area contributed by atoms with Crippen LogP contribution in [0, 0.1) is 10.1 Å². The topological polar surface area (TPSA) is 111 Å². The standard InChI is InChI=1S/C20H17N3O5/c1-13(28-16-11-10-14-6-2-3-7-15(14)12-16)19(24)21-22-20(25)17-8-4-5-9-18(17)23(26)27/h2-13H,1H3,(H,21,24)(H,22,25)/t13-/m1/s1. The molecule has 2 N–H and O–H groups in total. The molecule has 0 spiro atoms. The summed E-state index contributed by atoms with van der Waals surface area (Å²) < 4.78 is 5.61. The fourth-order valence-electron chi connectivity index (χ4n) is 2.61. The van der Waals surface area contributed by atoms with Crippen molar-refractivity contribution in [3.8, 4) is 5.75 Å². The van der Waals surface area contributed by atoms with Gasteiger partial charge < -0.3 is 4.74 Å². The van der Waals surface area contributed by atoms with Crippen LogP contribution in [0.4, 0.5) is 5.69 Å². The summed E-state index contributed by atoms with van der Waals surface area (Å²) in [5, 5.41) is 13.0. The molecule has 3 rings (SSSR count). The highest BCUT2D eigenvalue weighted by Crippen LogP contribution is 2.21. The van der Waals surface area contributed by atoms with Crippen LogP contribution in [0.3, 0.4) is 0 Å². The monoisotopic (exact) mass is 379 g/mol. The molecular weight excluding hydrogens is 362 g/mol. The third-order valence-corrected chi connectivity index (χ3v) is 4.05. The molecule has 0 saturated carbocycles. The predicted molar refractivity (Wildman–Crippen MR) is 103 cm³/mol. The molecule has 0 aliphatic heterocycles. The molecule has 0 fully saturated rings. The van der Waals surface area contributed by atoms with E-state index in [9.17, 15) is 19.7 Å². The van der Waals surface area contributed by atoms with E-state index < -0.39 is 22.8 Å². The Morgan fingerprint density at radius 2 is 1.64 bits per heavy atom. The maximum atomic E-state index is 12.2. The number of amides is 2. The van der Waals surface area contributed by atoms with E-state index in [1.807, 2.05) is 36.4 Å². The van der Waals surface area contributed by atoms with E-state index in [-0.39, 0.29) is 11.3 Å². The summed E-state index contributed by atoms with van der Waals surface area (Å²) in [4.78, 5) is 34.6. The minimum Gasteiger partial charge on any atom is -0.481 e. The second kappa shape index (κ2) is 8.17. The summed E-state index contributed by atoms with van der Waals surface area (Å²) in [6, 6.07) is 18.6. The van der Waals surface area contributed by atoms with Gasteiger partial charge in [0.25, 0.3) is 17.5 Å². The number of nitrogens with zero attached hydrogens (tertiary/aromatic N) is 1. The van der Waals surface area contributed by atoms with Crippen LogP contribution in [0.2, 0.25) is 0 Å². The highest BCUT2D eigenvalue weighted by Gasteiger charge is 2.21. The van der Waals surface area contributed by atoms with Crippen LogP contribution in [0.5, 0.6) is 5.75 Å². The number of carbonyl (C=O) groups excluding carboxylic acids is 2. The first-order valence-corrected chi connectivity index (χ1v) is 8.45. The van der Waals surface area contributed by atoms with Gasteiger partial charge in [0.15, 0.2) is 6.10 Å². The molecule has 3 aromatic carbocycles. The average Bonchev–Trinajstić information content (AvgIpc) is 2.71. The molecule has 0 unspecified atom stereocenters. The lowest BCUT2D eigenvalue weighted by Crippen LogP contribution is -2.47. The summed E-state index contributed by atoms with van der Waals surface area (Å²) in [7, 11) is 0. The number of rotatable bonds is 5. The summed E-state index contributed by atoms with van der Waals surface area (Å²) >= 11 is 0. The summed E-state index contributed by atoms with van der Waals surface area (Å²) in [5.74, 6) is -0.884. The highest BCUT2D eigenvalue weighted by molar-refractivity contribution is 5.99. The molecule has 3 aromatic rings. The second-order valence-electron chi connectivity index (χ2n) is 5.99. The van der Waals surface area contributed by atoms with Gasteiger partial charge in [-0.3, -0.25) is 30.6 Å². The van der Waals surface area contributed by atoms with Gasteiger partial charge in [0, 0.05) is 6.07 Å². The maximum absolute atomic E-state index is 12.2. The summed E-state index contributed by atoms with van der Waals surface area (Å²) in [5.41, 5.74) is 3.88. The summed E-state index contributed by atoms with van der Waals surface area (Å²) in [6.45, 7) is 1.53. The lowest BCUT2D eigenvalue weighted by molar-refractivity contribution is -0.385. The molecule has 142 valence electrons. The smallest absolute Gasteiger partial charge is 0.282 e. The van der Waals surface area contributed by atoms with Gasteiger partial charge in [0.2, 0.25) is 0 Å². The predicted octanol–water partition coefficient (Wildman–Crippen LogP) is 2.98. The van der Waals surface area contributed by atoms with E-state index in [0.717, 1.165) is 10.8 Å². The molecular formula is C20H17N3O5. The minimum absolute atomic E-state index is 0.157. The van der Waals surface area contributed by atoms with E-state index in [0.29, 0.717) is 5.75 Å². The highest BCUT2D eigenvalue weighted by atomic mass is 16.6. The third kappa shape index (κ3) is 4.24. The number of nitro groups is 1. The Balaban J connectivity index is 1.61. The van der Waals surface area contributed by atoms with Crippen LogP contribution in [0.15, 0.2) is 66.7 Å². The SMILES string of the molecule is C[C@@H](Oc1ccc2ccccc2c1)C(=O)NNC(=O)c1ccccc1[N+](=O)[O-]. The molecule has 0 aromatic heterocycles. The molecule has 8 heteroatoms. The quantitative estimate of drug-likeness (QED) is 0.523. The number of fused-ring (bicyclic) bond motifs is 1. The summed E-state index contributed by atoms with van der Waals surface area (Å²) in [6.07, 6.45) is -0.896. The van der Waals surface area contributed by atoms with Gasteiger partial charge >= 0.3 is 0 Å². The first kappa shape index (κ1) is 18.8. The largest absolute Gasteiger partial charge is 0.481 e. The van der Waals surface area contributed by atoms with E-state index in [4.69, 9.17) is 4.74 Å². The zero-order chi connectivity index (χ0) is 20.1. The molecule has 0 bridgehead atoms. The molecule has 0 radical (unpaired) electrons. The number of hydrazine groups is 1. The van der Waals surface area contributed by atoms with Crippen LogP contribution in [0.25, 0.3) is 10.8 Å². The number of hydrogen-bond acceptors (Lipinski definition) is 5. The zero-order valence-corrected chi connectivity index (χ0v) is 14.9. The van der Waals surface area contributed by atoms with Crippen molar-refractivity contribution in [3.63, 3.8) is 0 Å². The van der Waals surface area contributed by atoms with Crippen LogP contribution in [-0.2, 0) is 4.79 Å². The molecule has 0 heterocycles. The number of carbonyl (C=O) groups is 2. The Morgan fingerprint density at radius 3 is 2.39 bits per heavy atom. The Labute approximate surface area is 160 Å². The van der Waals surface area contributed by atoms with Gasteiger partial charge in [-0.2, -0.15) is 0 Å². The molecule has 1 atom stereocenters. The molecule has 2 amide bonds. The zero-order valence-electron chi connectivity index (χ0n) is 14.9. The fraction of sp³-hybridized carbons (Fsp3) is 0.100. The van der Waals surface area contributed by atoms with E-state index >= 15 is 0 Å². The van der Waals surface area contributed by atoms with Crippen LogP contribution in [0.1, 0.15) is 17.3 Å². The van der Waals surface area contributed by atoms with Gasteiger partial charge in [-0.05, 0) is 35.9 Å². The van der Waals surface area contributed by atoms with Crippen molar-refractivity contribution in [3.05, 3.63) is 82.4 Å². The second-order valence-corrected chi connectivity index (χ2v) is 5.99. The third-order valence-electron chi connectivity index (χ3n) is 4.05. The van der Waals surface area contributed by atoms with Crippen molar-refractivity contribution in [1.82, 2.24) is 10.9 Å². The van der Waals surface area contributed by atoms with Gasteiger partial charge in [0.05, 0.1) is 4.92 Å². The Morgan fingerprint density at radius 1 is 0.964 bits per heavy atom. The number of nitro benzene ring substituents is 1. The van der Waals surface area contributed by atoms with Crippen molar-refractivity contribution < 1.29 is 19.2 Å². The van der Waals surface area contributed by atoms with E-state index in [1.165, 1.54) is 31.2 Å². The van der Waals surface area contributed by atoms with Gasteiger partial charge in [0.1, 0.15) is 11.3 Å². The van der Waals surface area contributed by atoms with E-state index in [1.54, 1.807) is 6.07 Å². The van der Waals surface area contributed by atoms with Crippen molar-refractivity contribution in [2.75, 3.05) is 0 Å². The number of benzene rings is 3. The first-order valence-electron chi connectivity index (χ1n) is 8.45. The lowest BCUT2D eigenvalue weighted by atomic mass is 10.1. The molecule has 0 saturated heterocycles. The maximum Gasteiger partial charge on any atom is 0.282 e. The van der Waals surface area contributed by atoms with Crippen molar-refractivity contribution in [2.45, 2.75) is 13.0 Å². The van der Waals surface area contributed by atoms with Gasteiger partial charge in [-0.25, -0.2) is 0 Å². The van der Waals surface area contributed by atoms with Crippen molar-refractivity contribution >= 4 is 28.3 Å². The molecule has 28 heavy (non-hydrogen) atoms. The molecule has 8 nitrogen and oxygen atoms in total. The number of hydrogen-bond donors (Lipinski definition) is 2. The normalized spacial score (nSPS) is 11.5. The molecule has 0 aliphatic rings. The van der Waals surface area contributed by atoms with Crippen molar-refractivity contribution in [1.29, 1.82) is 0 Å². The number of para-hydroxylation sites is 1. The Kier molecular flexibility index (Phi) is 5.50. The fourth-order valence-corrected chi connectivity index (χ4v) is 2.61. The minimum atomic E-state index is -0.896. The number of nitrogens with one attached hydrogen (secondary N) is 2. The van der Waals surface area contributed by atoms with Crippen LogP contribution in [-0.4, -0.2) is 22.8 Å².